The molecular formula is C26H31N3O2. The zero-order valence-electron chi connectivity index (χ0n) is 19.0. The number of benzene rings is 2. The van der Waals surface area contributed by atoms with Crippen LogP contribution in [0.3, 0.4) is 0 Å². The smallest absolute Gasteiger partial charge is 0.275 e. The average Bonchev–Trinajstić information content (AvgIpc) is 3.08. The molecular weight excluding hydrogens is 386 g/mol. The lowest BCUT2D eigenvalue weighted by molar-refractivity contribution is -0.126. The zero-order chi connectivity index (χ0) is 22.3. The minimum absolute atomic E-state index is 0.120. The van der Waals surface area contributed by atoms with Crippen LogP contribution < -0.4 is 10.2 Å². The number of nitrogens with zero attached hydrogens (tertiary/aromatic N) is 2. The summed E-state index contributed by atoms with van der Waals surface area (Å²) in [6, 6.07) is 15.9. The van der Waals surface area contributed by atoms with Crippen LogP contribution in [0.5, 0.6) is 0 Å². The third-order valence-electron chi connectivity index (χ3n) is 6.28. The van der Waals surface area contributed by atoms with E-state index in [1.165, 1.54) is 0 Å². The number of hydrogen-bond acceptors (Lipinski definition) is 2. The maximum Gasteiger partial charge on any atom is 0.275 e. The van der Waals surface area contributed by atoms with E-state index in [2.05, 4.69) is 25.2 Å². The van der Waals surface area contributed by atoms with Crippen molar-refractivity contribution in [1.29, 1.82) is 0 Å². The first-order valence-corrected chi connectivity index (χ1v) is 11.0. The molecule has 0 spiro atoms. The highest BCUT2D eigenvalue weighted by Gasteiger charge is 2.48. The van der Waals surface area contributed by atoms with Crippen molar-refractivity contribution in [1.82, 2.24) is 9.88 Å². The van der Waals surface area contributed by atoms with Crippen molar-refractivity contribution in [2.75, 3.05) is 11.4 Å². The molecule has 5 nitrogen and oxygen atoms in total. The van der Waals surface area contributed by atoms with Crippen molar-refractivity contribution in [2.24, 2.45) is 5.92 Å². The van der Waals surface area contributed by atoms with Crippen molar-refractivity contribution in [3.8, 4) is 0 Å². The molecule has 2 heterocycles. The highest BCUT2D eigenvalue weighted by atomic mass is 16.2. The lowest BCUT2D eigenvalue weighted by Crippen LogP contribution is -2.64. The van der Waals surface area contributed by atoms with Gasteiger partial charge in [-0.15, -0.1) is 0 Å². The summed E-state index contributed by atoms with van der Waals surface area (Å²) < 4.78 is 2.00. The second-order valence-corrected chi connectivity index (χ2v) is 9.32. The summed E-state index contributed by atoms with van der Waals surface area (Å²) >= 11 is 0. The standard InChI is InChI=1S/C26H31N3O2/c1-17(2)12-13-27-25(31)26(5)16-28-22-9-7-6-8-20(22)15-23(28)24(30)29(26)21-11-10-18(3)14-19(21)4/h6-11,14-15,17H,12-13,16H2,1-5H3,(H,27,31)/t26-/m1/s1. The number of aryl methyl sites for hydroxylation is 2. The second kappa shape index (κ2) is 7.88. The van der Waals surface area contributed by atoms with Gasteiger partial charge in [-0.2, -0.15) is 0 Å². The van der Waals surface area contributed by atoms with Gasteiger partial charge < -0.3 is 9.88 Å². The molecule has 0 fully saturated rings. The van der Waals surface area contributed by atoms with Gasteiger partial charge in [0.2, 0.25) is 5.91 Å². The van der Waals surface area contributed by atoms with E-state index in [0.29, 0.717) is 24.7 Å². The second-order valence-electron chi connectivity index (χ2n) is 9.32. The lowest BCUT2D eigenvalue weighted by Gasteiger charge is -2.44. The molecule has 1 aliphatic rings. The number of fused-ring (bicyclic) bond motifs is 3. The Bertz CT molecular complexity index is 1160. The topological polar surface area (TPSA) is 54.3 Å². The minimum Gasteiger partial charge on any atom is -0.354 e. The Morgan fingerprint density at radius 1 is 1.13 bits per heavy atom. The highest BCUT2D eigenvalue weighted by Crippen LogP contribution is 2.37. The predicted molar refractivity (Wildman–Crippen MR) is 126 cm³/mol. The van der Waals surface area contributed by atoms with Crippen LogP contribution in [0.2, 0.25) is 0 Å². The maximum atomic E-state index is 13.9. The third kappa shape index (κ3) is 3.62. The first-order valence-electron chi connectivity index (χ1n) is 11.0. The molecule has 1 N–H and O–H groups in total. The van der Waals surface area contributed by atoms with Gasteiger partial charge in [0.15, 0.2) is 0 Å². The SMILES string of the molecule is Cc1ccc(N2C(=O)c3cc4ccccc4n3C[C@]2(C)C(=O)NCCC(C)C)c(C)c1. The number of carbonyl (C=O) groups excluding carboxylic acids is 2. The molecule has 31 heavy (non-hydrogen) atoms. The number of carbonyl (C=O) groups is 2. The Morgan fingerprint density at radius 2 is 1.87 bits per heavy atom. The number of aromatic nitrogens is 1. The van der Waals surface area contributed by atoms with Crippen molar-refractivity contribution in [2.45, 2.75) is 53.1 Å². The van der Waals surface area contributed by atoms with Gasteiger partial charge in [-0.1, -0.05) is 49.7 Å². The molecule has 0 bridgehead atoms. The largest absolute Gasteiger partial charge is 0.354 e. The van der Waals surface area contributed by atoms with Crippen molar-refractivity contribution in [3.63, 3.8) is 0 Å². The molecule has 162 valence electrons. The minimum atomic E-state index is -1.04. The molecule has 4 rings (SSSR count). The average molecular weight is 418 g/mol. The number of amides is 2. The van der Waals surface area contributed by atoms with Crippen molar-refractivity contribution < 1.29 is 9.59 Å². The summed E-state index contributed by atoms with van der Waals surface area (Å²) in [5, 5.41) is 4.11. The summed E-state index contributed by atoms with van der Waals surface area (Å²) in [6.45, 7) is 11.2. The van der Waals surface area contributed by atoms with Crippen LogP contribution in [0.4, 0.5) is 5.69 Å². The molecule has 0 aliphatic carbocycles. The van der Waals surface area contributed by atoms with Crippen LogP contribution in [0.1, 0.15) is 48.8 Å². The quantitative estimate of drug-likeness (QED) is 0.646. The molecule has 1 atom stereocenters. The van der Waals surface area contributed by atoms with E-state index in [1.54, 1.807) is 4.90 Å². The van der Waals surface area contributed by atoms with E-state index < -0.39 is 5.54 Å². The fourth-order valence-electron chi connectivity index (χ4n) is 4.54. The van der Waals surface area contributed by atoms with Crippen LogP contribution in [0, 0.1) is 19.8 Å². The third-order valence-corrected chi connectivity index (χ3v) is 6.28. The number of nitrogens with one attached hydrogen (secondary N) is 1. The number of hydrogen-bond donors (Lipinski definition) is 1. The maximum absolute atomic E-state index is 13.9. The highest BCUT2D eigenvalue weighted by molar-refractivity contribution is 6.14. The molecule has 1 aliphatic heterocycles. The summed E-state index contributed by atoms with van der Waals surface area (Å²) in [6.07, 6.45) is 0.900. The molecule has 0 radical (unpaired) electrons. The fourth-order valence-corrected chi connectivity index (χ4v) is 4.54. The van der Waals surface area contributed by atoms with Crippen LogP contribution in [-0.4, -0.2) is 28.5 Å². The normalized spacial score (nSPS) is 18.5. The summed E-state index contributed by atoms with van der Waals surface area (Å²) in [7, 11) is 0. The number of anilines is 1. The molecule has 1 aromatic heterocycles. The van der Waals surface area contributed by atoms with Crippen LogP contribution in [0.15, 0.2) is 48.5 Å². The lowest BCUT2D eigenvalue weighted by atomic mass is 9.92. The molecule has 0 saturated carbocycles. The molecule has 0 unspecified atom stereocenters. The Morgan fingerprint density at radius 3 is 2.58 bits per heavy atom. The van der Waals surface area contributed by atoms with Gasteiger partial charge in [-0.3, -0.25) is 14.5 Å². The first kappa shape index (κ1) is 21.2. The van der Waals surface area contributed by atoms with Gasteiger partial charge in [0.1, 0.15) is 11.2 Å². The van der Waals surface area contributed by atoms with Gasteiger partial charge >= 0.3 is 0 Å². The van der Waals surface area contributed by atoms with Crippen molar-refractivity contribution in [3.05, 3.63) is 65.4 Å². The van der Waals surface area contributed by atoms with Crippen LogP contribution in [-0.2, 0) is 11.3 Å². The summed E-state index contributed by atoms with van der Waals surface area (Å²) in [5.74, 6) is 0.234. The zero-order valence-corrected chi connectivity index (χ0v) is 19.0. The van der Waals surface area contributed by atoms with Gasteiger partial charge in [-0.05, 0) is 56.9 Å². The van der Waals surface area contributed by atoms with Crippen LogP contribution in [0.25, 0.3) is 10.9 Å². The van der Waals surface area contributed by atoms with Crippen LogP contribution >= 0.6 is 0 Å². The monoisotopic (exact) mass is 417 g/mol. The first-order chi connectivity index (χ1) is 14.7. The number of rotatable bonds is 5. The Kier molecular flexibility index (Phi) is 5.38. The molecule has 3 aromatic rings. The Balaban J connectivity index is 1.84. The molecule has 2 aromatic carbocycles. The van der Waals surface area contributed by atoms with E-state index in [9.17, 15) is 9.59 Å². The Hall–Kier alpha value is -3.08. The summed E-state index contributed by atoms with van der Waals surface area (Å²) in [5.41, 5.74) is 3.46. The molecule has 0 saturated heterocycles. The van der Waals surface area contributed by atoms with Gasteiger partial charge in [-0.25, -0.2) is 0 Å². The predicted octanol–water partition coefficient (Wildman–Crippen LogP) is 4.84. The van der Waals surface area contributed by atoms with E-state index in [4.69, 9.17) is 0 Å². The van der Waals surface area contributed by atoms with Gasteiger partial charge in [0.25, 0.3) is 5.91 Å². The van der Waals surface area contributed by atoms with Crippen molar-refractivity contribution >= 4 is 28.4 Å². The van der Waals surface area contributed by atoms with Gasteiger partial charge in [0, 0.05) is 23.1 Å². The molecule has 5 heteroatoms. The van der Waals surface area contributed by atoms with Gasteiger partial charge in [0.05, 0.1) is 6.54 Å². The van der Waals surface area contributed by atoms with E-state index in [0.717, 1.165) is 34.1 Å². The van der Waals surface area contributed by atoms with E-state index in [1.807, 2.05) is 67.8 Å². The van der Waals surface area contributed by atoms with E-state index >= 15 is 0 Å². The number of para-hydroxylation sites is 1. The fraction of sp³-hybridized carbons (Fsp3) is 0.385. The molecule has 2 amide bonds. The summed E-state index contributed by atoms with van der Waals surface area (Å²) in [4.78, 5) is 29.1. The Labute approximate surface area is 184 Å². The van der Waals surface area contributed by atoms with E-state index in [-0.39, 0.29) is 11.8 Å².